The van der Waals surface area contributed by atoms with Gasteiger partial charge >= 0.3 is 5.97 Å². The predicted octanol–water partition coefficient (Wildman–Crippen LogP) is 1.52. The number of thiocarbonyl (C=S) groups is 1. The summed E-state index contributed by atoms with van der Waals surface area (Å²) < 4.78 is 10.7. The van der Waals surface area contributed by atoms with Gasteiger partial charge in [-0.2, -0.15) is 5.10 Å². The van der Waals surface area contributed by atoms with Gasteiger partial charge in [0.15, 0.2) is 11.7 Å². The van der Waals surface area contributed by atoms with Gasteiger partial charge in [-0.3, -0.25) is 5.43 Å². The molecule has 1 aliphatic heterocycles. The van der Waals surface area contributed by atoms with E-state index in [4.69, 9.17) is 26.8 Å². The van der Waals surface area contributed by atoms with Gasteiger partial charge in [0.05, 0.1) is 11.8 Å². The molecule has 0 bridgehead atoms. The monoisotopic (exact) mass is 351 g/mol. The molecule has 0 radical (unpaired) electrons. The minimum Gasteiger partial charge on any atom is -0.482 e. The zero-order valence-corrected chi connectivity index (χ0v) is 14.3. The molecule has 0 amide bonds. The van der Waals surface area contributed by atoms with Gasteiger partial charge in [0.2, 0.25) is 0 Å². The van der Waals surface area contributed by atoms with Gasteiger partial charge in [-0.25, -0.2) is 4.79 Å². The van der Waals surface area contributed by atoms with E-state index in [2.05, 4.69) is 15.8 Å². The first-order valence-corrected chi connectivity index (χ1v) is 8.10. The fourth-order valence-electron chi connectivity index (χ4n) is 2.21. The van der Waals surface area contributed by atoms with Crippen LogP contribution in [0.4, 0.5) is 0 Å². The molecule has 2 rings (SSSR count). The largest absolute Gasteiger partial charge is 0.482 e. The summed E-state index contributed by atoms with van der Waals surface area (Å²) in [5.74, 6) is -0.543. The maximum Gasteiger partial charge on any atom is 0.341 e. The van der Waals surface area contributed by atoms with Crippen LogP contribution in [0.25, 0.3) is 0 Å². The summed E-state index contributed by atoms with van der Waals surface area (Å²) in [6.45, 7) is 2.92. The summed E-state index contributed by atoms with van der Waals surface area (Å²) >= 11 is 5.18. The van der Waals surface area contributed by atoms with Crippen LogP contribution in [0.3, 0.4) is 0 Å². The third kappa shape index (κ3) is 6.13. The molecular formula is C16H21N3O4S. The second-order valence-electron chi connectivity index (χ2n) is 5.36. The normalized spacial score (nSPS) is 17.4. The van der Waals surface area contributed by atoms with Gasteiger partial charge in [-0.15, -0.1) is 0 Å². The van der Waals surface area contributed by atoms with Gasteiger partial charge in [-0.1, -0.05) is 12.1 Å². The van der Waals surface area contributed by atoms with Crippen LogP contribution >= 0.6 is 12.2 Å². The topological polar surface area (TPSA) is 92.2 Å². The number of aliphatic carboxylic acids is 1. The second-order valence-corrected chi connectivity index (χ2v) is 5.77. The number of carboxylic acids is 1. The Morgan fingerprint density at radius 1 is 1.54 bits per heavy atom. The quantitative estimate of drug-likeness (QED) is 0.390. The smallest absolute Gasteiger partial charge is 0.341 e. The molecule has 1 aromatic rings. The Balaban J connectivity index is 1.84. The van der Waals surface area contributed by atoms with Crippen molar-refractivity contribution in [3.63, 3.8) is 0 Å². The summed E-state index contributed by atoms with van der Waals surface area (Å²) in [6, 6.07) is 7.06. The molecular weight excluding hydrogens is 330 g/mol. The molecule has 1 saturated heterocycles. The molecule has 7 nitrogen and oxygen atoms in total. The van der Waals surface area contributed by atoms with Crippen LogP contribution in [-0.2, 0) is 9.53 Å². The first-order chi connectivity index (χ1) is 11.5. The van der Waals surface area contributed by atoms with Gasteiger partial charge in [0.1, 0.15) is 5.75 Å². The van der Waals surface area contributed by atoms with Gasteiger partial charge in [0.25, 0.3) is 0 Å². The van der Waals surface area contributed by atoms with E-state index in [9.17, 15) is 4.79 Å². The van der Waals surface area contributed by atoms with Crippen molar-refractivity contribution in [2.75, 3.05) is 19.8 Å². The first kappa shape index (κ1) is 18.2. The average molecular weight is 351 g/mol. The van der Waals surface area contributed by atoms with Crippen LogP contribution in [0.5, 0.6) is 5.75 Å². The lowest BCUT2D eigenvalue weighted by Crippen LogP contribution is -2.37. The Hall–Kier alpha value is -2.19. The number of rotatable bonds is 7. The van der Waals surface area contributed by atoms with E-state index in [0.29, 0.717) is 23.1 Å². The summed E-state index contributed by atoms with van der Waals surface area (Å²) in [7, 11) is 0. The minimum absolute atomic E-state index is 0.206. The number of hydrogen-bond donors (Lipinski definition) is 3. The lowest BCUT2D eigenvalue weighted by atomic mass is 10.1. The lowest BCUT2D eigenvalue weighted by Gasteiger charge is -2.12. The highest BCUT2D eigenvalue weighted by atomic mass is 32.1. The Labute approximate surface area is 146 Å². The summed E-state index contributed by atoms with van der Waals surface area (Å²) in [4.78, 5) is 10.5. The maximum atomic E-state index is 10.5. The van der Waals surface area contributed by atoms with E-state index in [1.54, 1.807) is 18.2 Å². The lowest BCUT2D eigenvalue weighted by molar-refractivity contribution is -0.139. The van der Waals surface area contributed by atoms with Crippen LogP contribution in [-0.4, -0.2) is 47.8 Å². The Morgan fingerprint density at radius 2 is 2.38 bits per heavy atom. The number of ether oxygens (including phenoxy) is 2. The number of nitrogens with one attached hydrogen (secondary N) is 2. The van der Waals surface area contributed by atoms with Crippen molar-refractivity contribution in [2.45, 2.75) is 25.9 Å². The molecule has 1 atom stereocenters. The van der Waals surface area contributed by atoms with Gasteiger partial charge in [-0.05, 0) is 44.1 Å². The average Bonchev–Trinajstić information content (AvgIpc) is 3.09. The van der Waals surface area contributed by atoms with E-state index in [1.165, 1.54) is 0 Å². The van der Waals surface area contributed by atoms with Crippen LogP contribution in [0.15, 0.2) is 29.4 Å². The van der Waals surface area contributed by atoms with Crippen LogP contribution in [0, 0.1) is 0 Å². The van der Waals surface area contributed by atoms with Crippen LogP contribution in [0.1, 0.15) is 25.3 Å². The maximum absolute atomic E-state index is 10.5. The third-order valence-electron chi connectivity index (χ3n) is 3.45. The standard InChI is InChI=1S/C16H21N3O4S/c1-11(12-4-2-5-13(8-12)23-10-15(20)21)18-19-16(24)17-9-14-6-3-7-22-14/h2,4-5,8,14H,3,6-7,9-10H2,1H3,(H,20,21)(H2,17,19,24)/b18-11-/t14-/m0/s1. The highest BCUT2D eigenvalue weighted by Crippen LogP contribution is 2.14. The van der Waals surface area contributed by atoms with Gasteiger partial charge in [0, 0.05) is 18.7 Å². The number of nitrogens with zero attached hydrogens (tertiary/aromatic N) is 1. The fraction of sp³-hybridized carbons (Fsp3) is 0.438. The molecule has 130 valence electrons. The number of hydrogen-bond acceptors (Lipinski definition) is 5. The molecule has 1 fully saturated rings. The Kier molecular flexibility index (Phi) is 6.95. The van der Waals surface area contributed by atoms with E-state index in [-0.39, 0.29) is 12.7 Å². The SMILES string of the molecule is C/C(=N/NC(=S)NC[C@@H]1CCCO1)c1cccc(OCC(=O)O)c1. The van der Waals surface area contributed by atoms with Crippen molar-refractivity contribution in [1.29, 1.82) is 0 Å². The summed E-state index contributed by atoms with van der Waals surface area (Å²) in [5, 5.41) is 16.4. The van der Waals surface area contributed by atoms with Crippen molar-refractivity contribution in [3.05, 3.63) is 29.8 Å². The van der Waals surface area contributed by atoms with Crippen LogP contribution in [0.2, 0.25) is 0 Å². The molecule has 0 aromatic heterocycles. The van der Waals surface area contributed by atoms with Crippen molar-refractivity contribution >= 4 is 29.0 Å². The highest BCUT2D eigenvalue weighted by molar-refractivity contribution is 7.80. The molecule has 8 heteroatoms. The molecule has 0 aliphatic carbocycles. The molecule has 0 spiro atoms. The Morgan fingerprint density at radius 3 is 3.08 bits per heavy atom. The molecule has 1 aromatic carbocycles. The first-order valence-electron chi connectivity index (χ1n) is 7.69. The van der Waals surface area contributed by atoms with Gasteiger partial charge < -0.3 is 19.9 Å². The summed E-state index contributed by atoms with van der Waals surface area (Å²) in [5.41, 5.74) is 4.31. The van der Waals surface area contributed by atoms with Crippen molar-refractivity contribution in [3.8, 4) is 5.75 Å². The van der Waals surface area contributed by atoms with E-state index >= 15 is 0 Å². The van der Waals surface area contributed by atoms with Crippen molar-refractivity contribution in [1.82, 2.24) is 10.7 Å². The number of hydrazone groups is 1. The van der Waals surface area contributed by atoms with E-state index in [0.717, 1.165) is 25.0 Å². The molecule has 1 heterocycles. The molecule has 3 N–H and O–H groups in total. The third-order valence-corrected chi connectivity index (χ3v) is 3.69. The molecule has 0 saturated carbocycles. The second kappa shape index (κ2) is 9.19. The highest BCUT2D eigenvalue weighted by Gasteiger charge is 2.15. The molecule has 24 heavy (non-hydrogen) atoms. The van der Waals surface area contributed by atoms with Crippen LogP contribution < -0.4 is 15.5 Å². The molecule has 0 unspecified atom stereocenters. The van der Waals surface area contributed by atoms with Crippen molar-refractivity contribution in [2.24, 2.45) is 5.10 Å². The van der Waals surface area contributed by atoms with E-state index < -0.39 is 5.97 Å². The summed E-state index contributed by atoms with van der Waals surface area (Å²) in [6.07, 6.45) is 2.34. The van der Waals surface area contributed by atoms with E-state index in [1.807, 2.05) is 13.0 Å². The number of carboxylic acid groups (broad SMARTS) is 1. The minimum atomic E-state index is -1.02. The zero-order chi connectivity index (χ0) is 17.4. The Bertz CT molecular complexity index is 615. The predicted molar refractivity (Wildman–Crippen MR) is 94.5 cm³/mol. The number of benzene rings is 1. The van der Waals surface area contributed by atoms with Crippen molar-refractivity contribution < 1.29 is 19.4 Å². The zero-order valence-electron chi connectivity index (χ0n) is 13.4. The fourth-order valence-corrected chi connectivity index (χ4v) is 2.34. The molecule has 1 aliphatic rings. The number of carbonyl (C=O) groups is 1.